The van der Waals surface area contributed by atoms with Crippen LogP contribution >= 0.6 is 0 Å². The maximum absolute atomic E-state index is 2.77. The van der Waals surface area contributed by atoms with Crippen molar-refractivity contribution in [2.75, 3.05) is 6.54 Å². The van der Waals surface area contributed by atoms with Crippen molar-refractivity contribution in [3.63, 3.8) is 0 Å². The average molecular weight is 191 g/mol. The Labute approximate surface area is 87.2 Å². The van der Waals surface area contributed by atoms with E-state index in [0.717, 1.165) is 12.0 Å². The molecule has 0 unspecified atom stereocenters. The summed E-state index contributed by atoms with van der Waals surface area (Å²) in [6.07, 6.45) is 10.7. The molecule has 1 nitrogen and oxygen atoms in total. The minimum absolute atomic E-state index is 0.641. The van der Waals surface area contributed by atoms with Crippen LogP contribution in [0.15, 0.2) is 12.2 Å². The van der Waals surface area contributed by atoms with Crippen molar-refractivity contribution in [1.82, 2.24) is 4.90 Å². The molecule has 14 heavy (non-hydrogen) atoms. The summed E-state index contributed by atoms with van der Waals surface area (Å²) in [4.78, 5) is 2.77. The third kappa shape index (κ3) is 1.05. The number of nitrogens with zero attached hydrogens (tertiary/aromatic N) is 1. The Morgan fingerprint density at radius 3 is 3.00 bits per heavy atom. The quantitative estimate of drug-likeness (QED) is 0.532. The van der Waals surface area contributed by atoms with Gasteiger partial charge in [-0.15, -0.1) is 0 Å². The number of rotatable bonds is 0. The molecule has 0 spiro atoms. The molecule has 0 amide bonds. The summed E-state index contributed by atoms with van der Waals surface area (Å²) in [5.41, 5.74) is 0.641. The molecule has 3 aliphatic rings. The molecule has 0 aromatic rings. The summed E-state index contributed by atoms with van der Waals surface area (Å²) in [6, 6.07) is 1.56. The van der Waals surface area contributed by atoms with Gasteiger partial charge in [0.15, 0.2) is 0 Å². The minimum atomic E-state index is 0.641. The van der Waals surface area contributed by atoms with E-state index in [1.807, 2.05) is 0 Å². The van der Waals surface area contributed by atoms with E-state index in [4.69, 9.17) is 0 Å². The van der Waals surface area contributed by atoms with Crippen molar-refractivity contribution in [3.05, 3.63) is 12.2 Å². The fraction of sp³-hybridized carbons (Fsp3) is 0.846. The SMILES string of the molecule is C[C@H]1C=C[C@H]2CC[C@]3(C)CCCN1[C@H]23. The first-order chi connectivity index (χ1) is 6.71. The lowest BCUT2D eigenvalue weighted by Crippen LogP contribution is -2.55. The first-order valence-electron chi connectivity index (χ1n) is 6.15. The first-order valence-corrected chi connectivity index (χ1v) is 6.15. The zero-order valence-electron chi connectivity index (χ0n) is 9.37. The number of piperidine rings is 1. The van der Waals surface area contributed by atoms with Gasteiger partial charge in [-0.2, -0.15) is 0 Å². The van der Waals surface area contributed by atoms with E-state index in [0.29, 0.717) is 11.5 Å². The van der Waals surface area contributed by atoms with E-state index in [1.54, 1.807) is 0 Å². The molecule has 0 radical (unpaired) electrons. The average Bonchev–Trinajstić information content (AvgIpc) is 2.51. The summed E-state index contributed by atoms with van der Waals surface area (Å²) in [7, 11) is 0. The Morgan fingerprint density at radius 2 is 2.14 bits per heavy atom. The van der Waals surface area contributed by atoms with Crippen molar-refractivity contribution in [2.24, 2.45) is 11.3 Å². The van der Waals surface area contributed by atoms with Crippen LogP contribution in [-0.4, -0.2) is 23.5 Å². The third-order valence-electron chi connectivity index (χ3n) is 4.85. The summed E-state index contributed by atoms with van der Waals surface area (Å²) in [5.74, 6) is 0.872. The number of hydrogen-bond donors (Lipinski definition) is 0. The fourth-order valence-electron chi connectivity index (χ4n) is 4.12. The second kappa shape index (κ2) is 2.85. The molecule has 1 heteroatoms. The second-order valence-corrected chi connectivity index (χ2v) is 5.77. The van der Waals surface area contributed by atoms with Gasteiger partial charge in [0.1, 0.15) is 0 Å². The lowest BCUT2D eigenvalue weighted by molar-refractivity contribution is 0.0146. The van der Waals surface area contributed by atoms with Gasteiger partial charge in [0, 0.05) is 12.1 Å². The van der Waals surface area contributed by atoms with Crippen LogP contribution in [-0.2, 0) is 0 Å². The van der Waals surface area contributed by atoms with Crippen molar-refractivity contribution < 1.29 is 0 Å². The molecule has 1 aliphatic carbocycles. The van der Waals surface area contributed by atoms with Gasteiger partial charge < -0.3 is 0 Å². The number of hydrogen-bond acceptors (Lipinski definition) is 1. The predicted molar refractivity (Wildman–Crippen MR) is 59.2 cm³/mol. The largest absolute Gasteiger partial charge is 0.293 e. The van der Waals surface area contributed by atoms with Gasteiger partial charge in [0.25, 0.3) is 0 Å². The lowest BCUT2D eigenvalue weighted by Gasteiger charge is -2.50. The van der Waals surface area contributed by atoms with Gasteiger partial charge in [-0.05, 0) is 50.5 Å². The summed E-state index contributed by atoms with van der Waals surface area (Å²) < 4.78 is 0. The van der Waals surface area contributed by atoms with E-state index in [9.17, 15) is 0 Å². The van der Waals surface area contributed by atoms with Crippen molar-refractivity contribution in [3.8, 4) is 0 Å². The molecule has 1 saturated heterocycles. The molecular weight excluding hydrogens is 170 g/mol. The molecular formula is C13H21N. The predicted octanol–water partition coefficient (Wildman–Crippen LogP) is 2.83. The molecule has 4 atom stereocenters. The van der Waals surface area contributed by atoms with Gasteiger partial charge >= 0.3 is 0 Å². The van der Waals surface area contributed by atoms with Crippen LogP contribution in [0.3, 0.4) is 0 Å². The minimum Gasteiger partial charge on any atom is -0.293 e. The smallest absolute Gasteiger partial charge is 0.0253 e. The lowest BCUT2D eigenvalue weighted by atomic mass is 9.73. The van der Waals surface area contributed by atoms with Crippen LogP contribution in [0.2, 0.25) is 0 Å². The Bertz CT molecular complexity index is 270. The summed E-state index contributed by atoms with van der Waals surface area (Å²) >= 11 is 0. The molecule has 2 aliphatic heterocycles. The standard InChI is InChI=1S/C13H21N/c1-10-4-5-11-6-8-13(2)7-3-9-14(10)12(11)13/h4-5,10-12H,3,6-9H2,1-2H3/t10-,11-,12+,13-/m0/s1. The highest BCUT2D eigenvalue weighted by Crippen LogP contribution is 2.52. The van der Waals surface area contributed by atoms with E-state index in [2.05, 4.69) is 30.9 Å². The third-order valence-corrected chi connectivity index (χ3v) is 4.85. The molecule has 0 N–H and O–H groups in total. The molecule has 3 rings (SSSR count). The Morgan fingerprint density at radius 1 is 1.29 bits per heavy atom. The van der Waals surface area contributed by atoms with Crippen molar-refractivity contribution in [1.29, 1.82) is 0 Å². The van der Waals surface area contributed by atoms with E-state index in [-0.39, 0.29) is 0 Å². The molecule has 0 aromatic carbocycles. The van der Waals surface area contributed by atoms with Crippen LogP contribution in [0.1, 0.15) is 39.5 Å². The molecule has 78 valence electrons. The highest BCUT2D eigenvalue weighted by molar-refractivity contribution is 5.15. The zero-order valence-corrected chi connectivity index (χ0v) is 9.37. The van der Waals surface area contributed by atoms with Crippen LogP contribution in [0, 0.1) is 11.3 Å². The van der Waals surface area contributed by atoms with Crippen LogP contribution < -0.4 is 0 Å². The van der Waals surface area contributed by atoms with Crippen molar-refractivity contribution in [2.45, 2.75) is 51.6 Å². The Balaban J connectivity index is 1.99. The monoisotopic (exact) mass is 191 g/mol. The fourth-order valence-corrected chi connectivity index (χ4v) is 4.12. The van der Waals surface area contributed by atoms with E-state index >= 15 is 0 Å². The van der Waals surface area contributed by atoms with Crippen LogP contribution in [0.5, 0.6) is 0 Å². The van der Waals surface area contributed by atoms with Gasteiger partial charge in [-0.1, -0.05) is 19.1 Å². The summed E-state index contributed by atoms with van der Waals surface area (Å²) in [6.45, 7) is 6.22. The Kier molecular flexibility index (Phi) is 1.82. The topological polar surface area (TPSA) is 3.24 Å². The first kappa shape index (κ1) is 8.96. The normalized spacial score (nSPS) is 52.0. The van der Waals surface area contributed by atoms with Crippen LogP contribution in [0.4, 0.5) is 0 Å². The van der Waals surface area contributed by atoms with E-state index in [1.165, 1.54) is 32.2 Å². The van der Waals surface area contributed by atoms with Gasteiger partial charge in [-0.3, -0.25) is 4.90 Å². The highest BCUT2D eigenvalue weighted by Gasteiger charge is 2.50. The van der Waals surface area contributed by atoms with Crippen LogP contribution in [0.25, 0.3) is 0 Å². The Hall–Kier alpha value is -0.300. The summed E-state index contributed by atoms with van der Waals surface area (Å²) in [5, 5.41) is 0. The molecule has 2 fully saturated rings. The maximum Gasteiger partial charge on any atom is 0.0253 e. The van der Waals surface area contributed by atoms with Gasteiger partial charge in [0.2, 0.25) is 0 Å². The molecule has 1 saturated carbocycles. The second-order valence-electron chi connectivity index (χ2n) is 5.77. The molecule has 2 heterocycles. The van der Waals surface area contributed by atoms with Gasteiger partial charge in [0.05, 0.1) is 0 Å². The van der Waals surface area contributed by atoms with Crippen molar-refractivity contribution >= 4 is 0 Å². The maximum atomic E-state index is 2.77. The van der Waals surface area contributed by atoms with E-state index < -0.39 is 0 Å². The zero-order chi connectivity index (χ0) is 9.76. The molecule has 0 bridgehead atoms. The molecule has 0 aromatic heterocycles. The highest BCUT2D eigenvalue weighted by atomic mass is 15.2. The van der Waals surface area contributed by atoms with Gasteiger partial charge in [-0.25, -0.2) is 0 Å².